The minimum atomic E-state index is -0.193. The summed E-state index contributed by atoms with van der Waals surface area (Å²) < 4.78 is 5.51. The van der Waals surface area contributed by atoms with Crippen molar-refractivity contribution in [3.05, 3.63) is 40.4 Å². The van der Waals surface area contributed by atoms with E-state index >= 15 is 0 Å². The van der Waals surface area contributed by atoms with E-state index in [0.717, 1.165) is 35.5 Å². The summed E-state index contributed by atoms with van der Waals surface area (Å²) in [4.78, 5) is 29.1. The Morgan fingerprint density at radius 2 is 1.96 bits per heavy atom. The number of carbonyl (C=O) groups is 2. The standard InChI is InChI=1S/C20H20ClNO3S/c21-17-7-2-1-6-16(17)19-22-15(11-26-19)10-25-20(24)14-8-12-4-3-5-13(9-14)18(12)23/h1-2,6-7,11-14H,3-5,8-10H2. The van der Waals surface area contributed by atoms with Gasteiger partial charge < -0.3 is 4.74 Å². The van der Waals surface area contributed by atoms with Crippen molar-refractivity contribution in [3.8, 4) is 10.6 Å². The summed E-state index contributed by atoms with van der Waals surface area (Å²) in [5, 5.41) is 3.37. The number of aromatic nitrogens is 1. The van der Waals surface area contributed by atoms with Gasteiger partial charge in [0.2, 0.25) is 0 Å². The molecule has 2 atom stereocenters. The maximum atomic E-state index is 12.5. The van der Waals surface area contributed by atoms with Gasteiger partial charge in [-0.3, -0.25) is 9.59 Å². The van der Waals surface area contributed by atoms with Crippen LogP contribution in [0.15, 0.2) is 29.6 Å². The van der Waals surface area contributed by atoms with Crippen LogP contribution in [0, 0.1) is 17.8 Å². The molecule has 2 aliphatic carbocycles. The van der Waals surface area contributed by atoms with Gasteiger partial charge in [0.25, 0.3) is 0 Å². The molecule has 1 aromatic carbocycles. The Labute approximate surface area is 161 Å². The van der Waals surface area contributed by atoms with Gasteiger partial charge in [-0.25, -0.2) is 4.98 Å². The first-order chi connectivity index (χ1) is 12.6. The molecule has 2 aromatic rings. The van der Waals surface area contributed by atoms with Crippen LogP contribution in [0.2, 0.25) is 5.02 Å². The van der Waals surface area contributed by atoms with E-state index < -0.39 is 0 Å². The number of halogens is 1. The van der Waals surface area contributed by atoms with Gasteiger partial charge in [-0.15, -0.1) is 11.3 Å². The highest BCUT2D eigenvalue weighted by molar-refractivity contribution is 7.13. The Morgan fingerprint density at radius 3 is 2.69 bits per heavy atom. The molecule has 0 N–H and O–H groups in total. The van der Waals surface area contributed by atoms with Crippen molar-refractivity contribution in [2.24, 2.45) is 17.8 Å². The van der Waals surface area contributed by atoms with Crippen LogP contribution in [0.5, 0.6) is 0 Å². The second-order valence-electron chi connectivity index (χ2n) is 7.13. The van der Waals surface area contributed by atoms with Gasteiger partial charge in [0.05, 0.1) is 16.6 Å². The number of nitrogens with zero attached hydrogens (tertiary/aromatic N) is 1. The Balaban J connectivity index is 1.37. The first-order valence-corrected chi connectivity index (χ1v) is 10.3. The molecule has 2 aliphatic rings. The van der Waals surface area contributed by atoms with Crippen LogP contribution in [0.4, 0.5) is 0 Å². The zero-order chi connectivity index (χ0) is 18.1. The van der Waals surface area contributed by atoms with Gasteiger partial charge in [-0.2, -0.15) is 0 Å². The molecule has 4 rings (SSSR count). The zero-order valence-electron chi connectivity index (χ0n) is 14.3. The van der Waals surface area contributed by atoms with E-state index in [1.54, 1.807) is 0 Å². The second kappa shape index (κ2) is 7.49. The predicted molar refractivity (Wildman–Crippen MR) is 101 cm³/mol. The highest BCUT2D eigenvalue weighted by Gasteiger charge is 2.41. The first-order valence-electron chi connectivity index (χ1n) is 9.01. The molecule has 2 saturated carbocycles. The molecule has 0 radical (unpaired) electrons. The van der Waals surface area contributed by atoms with Crippen molar-refractivity contribution in [2.45, 2.75) is 38.7 Å². The van der Waals surface area contributed by atoms with E-state index in [9.17, 15) is 9.59 Å². The summed E-state index contributed by atoms with van der Waals surface area (Å²) in [6.07, 6.45) is 4.25. The fraction of sp³-hybridized carbons (Fsp3) is 0.450. The van der Waals surface area contributed by atoms with Gasteiger partial charge in [-0.05, 0) is 31.7 Å². The largest absolute Gasteiger partial charge is 0.459 e. The van der Waals surface area contributed by atoms with E-state index in [-0.39, 0.29) is 30.3 Å². The molecular formula is C20H20ClNO3S. The summed E-state index contributed by atoms with van der Waals surface area (Å²) in [6.45, 7) is 0.166. The lowest BCUT2D eigenvalue weighted by atomic mass is 9.67. The average Bonchev–Trinajstić information content (AvgIpc) is 3.08. The molecule has 0 amide bonds. The molecule has 0 spiro atoms. The van der Waals surface area contributed by atoms with E-state index in [4.69, 9.17) is 16.3 Å². The van der Waals surface area contributed by atoms with Crippen LogP contribution in [0.3, 0.4) is 0 Å². The van der Waals surface area contributed by atoms with Gasteiger partial charge in [0.1, 0.15) is 17.4 Å². The minimum absolute atomic E-state index is 0.0612. The molecule has 0 aliphatic heterocycles. The number of carbonyl (C=O) groups excluding carboxylic acids is 2. The number of fused-ring (bicyclic) bond motifs is 2. The molecule has 2 unspecified atom stereocenters. The van der Waals surface area contributed by atoms with Gasteiger partial charge in [-0.1, -0.05) is 36.2 Å². The normalized spacial score (nSPS) is 25.1. The fourth-order valence-corrected chi connectivity index (χ4v) is 5.19. The van der Waals surface area contributed by atoms with Crippen LogP contribution in [0.25, 0.3) is 10.6 Å². The van der Waals surface area contributed by atoms with E-state index in [0.29, 0.717) is 23.6 Å². The third-order valence-electron chi connectivity index (χ3n) is 5.40. The Kier molecular flexibility index (Phi) is 5.09. The number of benzene rings is 1. The smallest absolute Gasteiger partial charge is 0.309 e. The number of hydrogen-bond acceptors (Lipinski definition) is 5. The van der Waals surface area contributed by atoms with Crippen LogP contribution in [-0.2, 0) is 20.9 Å². The van der Waals surface area contributed by atoms with Gasteiger partial charge >= 0.3 is 5.97 Å². The molecule has 1 aromatic heterocycles. The average molecular weight is 390 g/mol. The summed E-state index contributed by atoms with van der Waals surface area (Å²) >= 11 is 7.70. The van der Waals surface area contributed by atoms with Gasteiger partial charge in [0, 0.05) is 22.8 Å². The SMILES string of the molecule is O=C(OCc1csc(-c2ccccc2Cl)n1)C1CC2CCCC(C1)C2=O. The number of ether oxygens (including phenoxy) is 1. The Morgan fingerprint density at radius 1 is 1.23 bits per heavy atom. The highest BCUT2D eigenvalue weighted by Crippen LogP contribution is 2.40. The van der Waals surface area contributed by atoms with Crippen LogP contribution in [0.1, 0.15) is 37.8 Å². The maximum Gasteiger partial charge on any atom is 0.309 e. The van der Waals surface area contributed by atoms with Crippen LogP contribution in [-0.4, -0.2) is 16.7 Å². The molecule has 4 nitrogen and oxygen atoms in total. The molecule has 1 heterocycles. The monoisotopic (exact) mass is 389 g/mol. The third kappa shape index (κ3) is 3.55. The molecule has 6 heteroatoms. The highest BCUT2D eigenvalue weighted by atomic mass is 35.5. The Hall–Kier alpha value is -1.72. The predicted octanol–water partition coefficient (Wildman–Crippen LogP) is 4.90. The zero-order valence-corrected chi connectivity index (χ0v) is 15.9. The van der Waals surface area contributed by atoms with E-state index in [2.05, 4.69) is 4.98 Å². The topological polar surface area (TPSA) is 56.3 Å². The van der Waals surface area contributed by atoms with E-state index in [1.165, 1.54) is 11.3 Å². The number of ketones is 1. The summed E-state index contributed by atoms with van der Waals surface area (Å²) in [5.41, 5.74) is 1.61. The molecular weight excluding hydrogens is 370 g/mol. The molecule has 136 valence electrons. The van der Waals surface area contributed by atoms with Crippen molar-refractivity contribution < 1.29 is 14.3 Å². The van der Waals surface area contributed by atoms with Crippen molar-refractivity contribution in [1.82, 2.24) is 4.98 Å². The number of esters is 1. The second-order valence-corrected chi connectivity index (χ2v) is 8.39. The minimum Gasteiger partial charge on any atom is -0.459 e. The number of hydrogen-bond donors (Lipinski definition) is 0. The summed E-state index contributed by atoms with van der Waals surface area (Å²) in [6, 6.07) is 7.56. The van der Waals surface area contributed by atoms with Crippen molar-refractivity contribution in [2.75, 3.05) is 0 Å². The molecule has 26 heavy (non-hydrogen) atoms. The quantitative estimate of drug-likeness (QED) is 0.697. The molecule has 0 saturated heterocycles. The fourth-order valence-electron chi connectivity index (χ4n) is 4.07. The summed E-state index contributed by atoms with van der Waals surface area (Å²) in [7, 11) is 0. The van der Waals surface area contributed by atoms with Crippen molar-refractivity contribution >= 4 is 34.7 Å². The van der Waals surface area contributed by atoms with Crippen molar-refractivity contribution in [3.63, 3.8) is 0 Å². The Bertz CT molecular complexity index is 818. The maximum absolute atomic E-state index is 12.5. The first kappa shape index (κ1) is 17.7. The number of thiazole rings is 1. The van der Waals surface area contributed by atoms with Gasteiger partial charge in [0.15, 0.2) is 0 Å². The van der Waals surface area contributed by atoms with Crippen molar-refractivity contribution in [1.29, 1.82) is 0 Å². The molecule has 2 fully saturated rings. The van der Waals surface area contributed by atoms with Crippen LogP contribution < -0.4 is 0 Å². The molecule has 2 bridgehead atoms. The lowest BCUT2D eigenvalue weighted by Crippen LogP contribution is -2.39. The lowest BCUT2D eigenvalue weighted by Gasteiger charge is -2.36. The third-order valence-corrected chi connectivity index (χ3v) is 6.65. The van der Waals surface area contributed by atoms with E-state index in [1.807, 2.05) is 29.6 Å². The summed E-state index contributed by atoms with van der Waals surface area (Å²) in [5.74, 6) is 0.146. The number of rotatable bonds is 4. The number of Topliss-reactive ketones (excluding diaryl/α,β-unsaturated/α-hetero) is 1. The van der Waals surface area contributed by atoms with Crippen LogP contribution >= 0.6 is 22.9 Å². The lowest BCUT2D eigenvalue weighted by molar-refractivity contribution is -0.154.